The fourth-order valence-electron chi connectivity index (χ4n) is 3.91. The van der Waals surface area contributed by atoms with Crippen molar-refractivity contribution >= 4 is 15.9 Å². The van der Waals surface area contributed by atoms with Crippen molar-refractivity contribution in [3.63, 3.8) is 0 Å². The van der Waals surface area contributed by atoms with Gasteiger partial charge in [0, 0.05) is 37.7 Å². The van der Waals surface area contributed by atoms with Gasteiger partial charge in [0.25, 0.3) is 5.91 Å². The van der Waals surface area contributed by atoms with E-state index in [-0.39, 0.29) is 16.7 Å². The Hall–Kier alpha value is -2.12. The second kappa shape index (κ2) is 7.48. The molecule has 1 unspecified atom stereocenters. The maximum atomic E-state index is 12.8. The van der Waals surface area contributed by atoms with Crippen LogP contribution in [0.2, 0.25) is 0 Å². The average Bonchev–Trinajstić information content (AvgIpc) is 3.40. The molecule has 2 aromatic rings. The van der Waals surface area contributed by atoms with E-state index in [2.05, 4.69) is 0 Å². The highest BCUT2D eigenvalue weighted by Gasteiger charge is 2.30. The van der Waals surface area contributed by atoms with Gasteiger partial charge in [-0.05, 0) is 55.7 Å². The van der Waals surface area contributed by atoms with Gasteiger partial charge in [0.05, 0.1) is 11.2 Å². The van der Waals surface area contributed by atoms with Gasteiger partial charge < -0.3 is 9.32 Å². The Morgan fingerprint density at radius 2 is 1.74 bits per heavy atom. The summed E-state index contributed by atoms with van der Waals surface area (Å²) in [5.41, 5.74) is 0.521. The quantitative estimate of drug-likeness (QED) is 0.807. The zero-order valence-corrected chi connectivity index (χ0v) is 16.0. The molecular weight excluding hydrogens is 364 g/mol. The van der Waals surface area contributed by atoms with Crippen LogP contribution in [-0.4, -0.2) is 49.7 Å². The third-order valence-corrected chi connectivity index (χ3v) is 7.39. The molecule has 2 fully saturated rings. The van der Waals surface area contributed by atoms with Crippen molar-refractivity contribution in [2.75, 3.05) is 26.2 Å². The number of carbonyl (C=O) groups is 1. The molecule has 6 nitrogen and oxygen atoms in total. The molecular formula is C20H24N2O4S. The molecule has 0 spiro atoms. The number of rotatable bonds is 4. The first-order valence-corrected chi connectivity index (χ1v) is 10.9. The zero-order valence-electron chi connectivity index (χ0n) is 15.2. The normalized spacial score (nSPS) is 21.5. The van der Waals surface area contributed by atoms with Crippen molar-refractivity contribution in [3.8, 4) is 0 Å². The number of furan rings is 1. The third-order valence-electron chi connectivity index (χ3n) is 5.48. The van der Waals surface area contributed by atoms with E-state index < -0.39 is 10.0 Å². The van der Waals surface area contributed by atoms with Gasteiger partial charge in [0.2, 0.25) is 10.0 Å². The van der Waals surface area contributed by atoms with E-state index in [9.17, 15) is 13.2 Å². The van der Waals surface area contributed by atoms with Gasteiger partial charge in [-0.25, -0.2) is 8.42 Å². The topological polar surface area (TPSA) is 70.8 Å². The minimum absolute atomic E-state index is 0.0639. The molecule has 27 heavy (non-hydrogen) atoms. The fraction of sp³-hybridized carbons (Fsp3) is 0.450. The first kappa shape index (κ1) is 18.3. The predicted octanol–water partition coefficient (Wildman–Crippen LogP) is 3.08. The van der Waals surface area contributed by atoms with E-state index in [1.807, 2.05) is 12.1 Å². The Morgan fingerprint density at radius 1 is 1.00 bits per heavy atom. The Labute approximate surface area is 159 Å². The number of amides is 1. The Morgan fingerprint density at radius 3 is 2.41 bits per heavy atom. The minimum atomic E-state index is -3.47. The van der Waals surface area contributed by atoms with E-state index >= 15 is 0 Å². The average molecular weight is 388 g/mol. The molecule has 0 bridgehead atoms. The lowest BCUT2D eigenvalue weighted by molar-refractivity contribution is 0.0790. The van der Waals surface area contributed by atoms with Crippen molar-refractivity contribution in [3.05, 3.63) is 54.0 Å². The summed E-state index contributed by atoms with van der Waals surface area (Å²) in [6.45, 7) is 2.45. The van der Waals surface area contributed by atoms with Gasteiger partial charge in [0.15, 0.2) is 0 Å². The van der Waals surface area contributed by atoms with Gasteiger partial charge in [-0.2, -0.15) is 4.31 Å². The second-order valence-corrected chi connectivity index (χ2v) is 9.18. The molecule has 1 atom stereocenters. The highest BCUT2D eigenvalue weighted by atomic mass is 32.2. The minimum Gasteiger partial charge on any atom is -0.469 e. The molecule has 0 radical (unpaired) electrons. The molecule has 2 saturated heterocycles. The van der Waals surface area contributed by atoms with E-state index in [1.165, 1.54) is 0 Å². The SMILES string of the molecule is O=C(c1ccc(S(=O)(=O)N2CCCCC2)cc1)N1CCC(c2ccco2)C1. The van der Waals surface area contributed by atoms with E-state index in [1.54, 1.807) is 39.7 Å². The highest BCUT2D eigenvalue weighted by molar-refractivity contribution is 7.89. The van der Waals surface area contributed by atoms with Crippen LogP contribution in [0.25, 0.3) is 0 Å². The number of hydrogen-bond acceptors (Lipinski definition) is 4. The zero-order chi connectivity index (χ0) is 18.9. The van der Waals surface area contributed by atoms with Crippen molar-refractivity contribution in [2.45, 2.75) is 36.5 Å². The van der Waals surface area contributed by atoms with Crippen LogP contribution in [0.4, 0.5) is 0 Å². The molecule has 4 rings (SSSR count). The van der Waals surface area contributed by atoms with Crippen LogP contribution in [0, 0.1) is 0 Å². The smallest absolute Gasteiger partial charge is 0.253 e. The summed E-state index contributed by atoms with van der Waals surface area (Å²) in [7, 11) is -3.47. The van der Waals surface area contributed by atoms with Crippen molar-refractivity contribution in [2.24, 2.45) is 0 Å². The molecule has 1 amide bonds. The molecule has 2 aliphatic heterocycles. The predicted molar refractivity (Wildman–Crippen MR) is 101 cm³/mol. The van der Waals surface area contributed by atoms with Crippen molar-refractivity contribution < 1.29 is 17.6 Å². The van der Waals surface area contributed by atoms with Gasteiger partial charge in [-0.15, -0.1) is 0 Å². The molecule has 144 valence electrons. The lowest BCUT2D eigenvalue weighted by Gasteiger charge is -2.26. The van der Waals surface area contributed by atoms with E-state index in [0.29, 0.717) is 31.7 Å². The summed E-state index contributed by atoms with van der Waals surface area (Å²) in [6, 6.07) is 10.2. The first-order valence-electron chi connectivity index (χ1n) is 9.48. The van der Waals surface area contributed by atoms with E-state index in [4.69, 9.17) is 4.42 Å². The van der Waals surface area contributed by atoms with Crippen LogP contribution >= 0.6 is 0 Å². The standard InChI is InChI=1S/C20H24N2O4S/c23-20(21-13-10-17(15-21)19-5-4-14-26-19)16-6-8-18(9-7-16)27(24,25)22-11-2-1-3-12-22/h4-9,14,17H,1-3,10-13,15H2. The Kier molecular flexibility index (Phi) is 5.06. The summed E-state index contributed by atoms with van der Waals surface area (Å²) in [4.78, 5) is 14.8. The lowest BCUT2D eigenvalue weighted by Crippen LogP contribution is -2.35. The van der Waals surface area contributed by atoms with Crippen LogP contribution in [-0.2, 0) is 10.0 Å². The summed E-state index contributed by atoms with van der Waals surface area (Å²) in [5.74, 6) is 1.07. The number of sulfonamides is 1. The van der Waals surface area contributed by atoms with Gasteiger partial charge in [0.1, 0.15) is 5.76 Å². The summed E-state index contributed by atoms with van der Waals surface area (Å²) >= 11 is 0. The number of hydrogen-bond donors (Lipinski definition) is 0. The van der Waals surface area contributed by atoms with Crippen LogP contribution in [0.1, 0.15) is 47.7 Å². The van der Waals surface area contributed by atoms with Gasteiger partial charge >= 0.3 is 0 Å². The highest BCUT2D eigenvalue weighted by Crippen LogP contribution is 2.29. The maximum Gasteiger partial charge on any atom is 0.253 e. The van der Waals surface area contributed by atoms with Crippen LogP contribution < -0.4 is 0 Å². The van der Waals surface area contributed by atoms with Crippen molar-refractivity contribution in [1.82, 2.24) is 9.21 Å². The molecule has 0 N–H and O–H groups in total. The fourth-order valence-corrected chi connectivity index (χ4v) is 5.42. The molecule has 2 aliphatic rings. The number of piperidine rings is 1. The van der Waals surface area contributed by atoms with Crippen LogP contribution in [0.5, 0.6) is 0 Å². The Bertz CT molecular complexity index is 885. The summed E-state index contributed by atoms with van der Waals surface area (Å²) < 4.78 is 32.4. The molecule has 7 heteroatoms. The number of nitrogens with zero attached hydrogens (tertiary/aromatic N) is 2. The van der Waals surface area contributed by atoms with E-state index in [0.717, 1.165) is 31.4 Å². The van der Waals surface area contributed by atoms with Gasteiger partial charge in [-0.1, -0.05) is 6.42 Å². The number of likely N-dealkylation sites (tertiary alicyclic amines) is 1. The van der Waals surface area contributed by atoms with Gasteiger partial charge in [-0.3, -0.25) is 4.79 Å². The monoisotopic (exact) mass is 388 g/mol. The molecule has 3 heterocycles. The number of carbonyl (C=O) groups excluding carboxylic acids is 1. The lowest BCUT2D eigenvalue weighted by atomic mass is 10.1. The Balaban J connectivity index is 1.45. The third kappa shape index (κ3) is 3.66. The van der Waals surface area contributed by atoms with Crippen LogP contribution in [0.3, 0.4) is 0 Å². The van der Waals surface area contributed by atoms with Crippen molar-refractivity contribution in [1.29, 1.82) is 0 Å². The second-order valence-electron chi connectivity index (χ2n) is 7.24. The molecule has 1 aromatic heterocycles. The molecule has 0 saturated carbocycles. The number of benzene rings is 1. The largest absolute Gasteiger partial charge is 0.469 e. The molecule has 1 aromatic carbocycles. The maximum absolute atomic E-state index is 12.8. The van der Waals surface area contributed by atoms with Crippen LogP contribution in [0.15, 0.2) is 52.0 Å². The first-order chi connectivity index (χ1) is 13.1. The molecule has 0 aliphatic carbocycles. The summed E-state index contributed by atoms with van der Waals surface area (Å²) in [6.07, 6.45) is 5.42. The summed E-state index contributed by atoms with van der Waals surface area (Å²) in [5, 5.41) is 0.